The molecule has 1 aliphatic heterocycles. The fourth-order valence-corrected chi connectivity index (χ4v) is 2.44. The molecular weight excluding hydrogens is 236 g/mol. The van der Waals surface area contributed by atoms with Crippen LogP contribution in [0.1, 0.15) is 46.5 Å². The molecule has 1 unspecified atom stereocenters. The first-order valence-corrected chi connectivity index (χ1v) is 8.00. The van der Waals surface area contributed by atoms with Crippen LogP contribution in [0, 0.1) is 5.92 Å². The fraction of sp³-hybridized carbons (Fsp3) is 0.933. The largest absolute Gasteiger partial charge is 0.357 e. The topological polar surface area (TPSA) is 39.7 Å². The number of rotatable bonds is 8. The van der Waals surface area contributed by atoms with Crippen molar-refractivity contribution in [3.05, 3.63) is 0 Å². The van der Waals surface area contributed by atoms with Crippen molar-refractivity contribution in [2.75, 3.05) is 39.3 Å². The van der Waals surface area contributed by atoms with E-state index in [4.69, 9.17) is 4.99 Å². The smallest absolute Gasteiger partial charge is 0.191 e. The van der Waals surface area contributed by atoms with Gasteiger partial charge in [0.25, 0.3) is 0 Å². The Morgan fingerprint density at radius 1 is 1.21 bits per heavy atom. The summed E-state index contributed by atoms with van der Waals surface area (Å²) in [7, 11) is 0. The third-order valence-electron chi connectivity index (χ3n) is 3.50. The maximum atomic E-state index is 4.70. The molecular formula is C15H32N4. The maximum Gasteiger partial charge on any atom is 0.191 e. The van der Waals surface area contributed by atoms with Gasteiger partial charge < -0.3 is 15.5 Å². The van der Waals surface area contributed by atoms with Crippen molar-refractivity contribution >= 4 is 5.96 Å². The van der Waals surface area contributed by atoms with E-state index in [0.717, 1.165) is 25.6 Å². The molecule has 4 heteroatoms. The normalized spacial score (nSPS) is 18.6. The molecule has 2 N–H and O–H groups in total. The number of nitrogens with one attached hydrogen (secondary N) is 2. The van der Waals surface area contributed by atoms with Gasteiger partial charge in [-0.05, 0) is 45.2 Å². The Hall–Kier alpha value is -0.770. The summed E-state index contributed by atoms with van der Waals surface area (Å²) >= 11 is 0. The van der Waals surface area contributed by atoms with Crippen LogP contribution in [0.25, 0.3) is 0 Å². The highest BCUT2D eigenvalue weighted by atomic mass is 15.2. The monoisotopic (exact) mass is 268 g/mol. The minimum atomic E-state index is 0.639. The second-order valence-corrected chi connectivity index (χ2v) is 5.61. The average molecular weight is 268 g/mol. The molecule has 0 spiro atoms. The van der Waals surface area contributed by atoms with E-state index in [9.17, 15) is 0 Å². The van der Waals surface area contributed by atoms with E-state index < -0.39 is 0 Å². The third-order valence-corrected chi connectivity index (χ3v) is 3.50. The van der Waals surface area contributed by atoms with Crippen molar-refractivity contribution in [3.8, 4) is 0 Å². The van der Waals surface area contributed by atoms with E-state index in [-0.39, 0.29) is 0 Å². The highest BCUT2D eigenvalue weighted by Crippen LogP contribution is 2.10. The molecule has 0 bridgehead atoms. The van der Waals surface area contributed by atoms with Crippen LogP contribution in [0.4, 0.5) is 0 Å². The lowest BCUT2D eigenvalue weighted by Crippen LogP contribution is -2.38. The summed E-state index contributed by atoms with van der Waals surface area (Å²) in [6.07, 6.45) is 5.17. The number of aliphatic imine (C=N–C) groups is 1. The first kappa shape index (κ1) is 16.3. The van der Waals surface area contributed by atoms with Crippen LogP contribution in [-0.4, -0.2) is 50.1 Å². The minimum absolute atomic E-state index is 0.639. The van der Waals surface area contributed by atoms with Gasteiger partial charge in [-0.15, -0.1) is 0 Å². The predicted molar refractivity (Wildman–Crippen MR) is 83.7 cm³/mol. The third kappa shape index (κ3) is 7.41. The number of likely N-dealkylation sites (tertiary alicyclic amines) is 1. The van der Waals surface area contributed by atoms with Crippen LogP contribution in [0.15, 0.2) is 4.99 Å². The summed E-state index contributed by atoms with van der Waals surface area (Å²) in [6, 6.07) is 0. The number of hydrogen-bond donors (Lipinski definition) is 2. The lowest BCUT2D eigenvalue weighted by molar-refractivity contribution is 0.291. The second-order valence-electron chi connectivity index (χ2n) is 5.61. The highest BCUT2D eigenvalue weighted by molar-refractivity contribution is 5.79. The van der Waals surface area contributed by atoms with Gasteiger partial charge in [0.1, 0.15) is 0 Å². The zero-order chi connectivity index (χ0) is 13.9. The summed E-state index contributed by atoms with van der Waals surface area (Å²) in [6.45, 7) is 13.2. The van der Waals surface area contributed by atoms with Crippen LogP contribution >= 0.6 is 0 Å². The van der Waals surface area contributed by atoms with Gasteiger partial charge in [0.15, 0.2) is 5.96 Å². The predicted octanol–water partition coefficient (Wildman–Crippen LogP) is 2.07. The second kappa shape index (κ2) is 10.1. The van der Waals surface area contributed by atoms with Crippen molar-refractivity contribution in [1.82, 2.24) is 15.5 Å². The summed E-state index contributed by atoms with van der Waals surface area (Å²) in [4.78, 5) is 7.26. The molecule has 1 fully saturated rings. The van der Waals surface area contributed by atoms with Crippen molar-refractivity contribution in [2.45, 2.75) is 46.5 Å². The van der Waals surface area contributed by atoms with E-state index in [1.807, 2.05) is 0 Å². The molecule has 0 aromatic rings. The molecule has 0 aromatic heterocycles. The van der Waals surface area contributed by atoms with Crippen molar-refractivity contribution in [2.24, 2.45) is 10.9 Å². The van der Waals surface area contributed by atoms with Gasteiger partial charge in [0.2, 0.25) is 0 Å². The molecule has 4 nitrogen and oxygen atoms in total. The number of nitrogens with zero attached hydrogens (tertiary/aromatic N) is 2. The zero-order valence-corrected chi connectivity index (χ0v) is 13.0. The van der Waals surface area contributed by atoms with E-state index in [1.54, 1.807) is 0 Å². The Morgan fingerprint density at radius 3 is 2.58 bits per heavy atom. The van der Waals surface area contributed by atoms with Crippen LogP contribution in [0.2, 0.25) is 0 Å². The Labute approximate surface area is 119 Å². The summed E-state index contributed by atoms with van der Waals surface area (Å²) in [5.41, 5.74) is 0. The fourth-order valence-electron chi connectivity index (χ4n) is 2.44. The Morgan fingerprint density at radius 2 is 1.95 bits per heavy atom. The summed E-state index contributed by atoms with van der Waals surface area (Å²) in [5.74, 6) is 1.61. The molecule has 1 saturated heterocycles. The van der Waals surface area contributed by atoms with Crippen LogP contribution in [0.5, 0.6) is 0 Å². The molecule has 19 heavy (non-hydrogen) atoms. The molecule has 112 valence electrons. The van der Waals surface area contributed by atoms with E-state index in [2.05, 4.69) is 36.3 Å². The SMILES string of the molecule is CCCCNC(=NCC(C)CN1CCCC1)NCC. The van der Waals surface area contributed by atoms with E-state index >= 15 is 0 Å². The van der Waals surface area contributed by atoms with Gasteiger partial charge in [0.05, 0.1) is 0 Å². The van der Waals surface area contributed by atoms with Crippen molar-refractivity contribution in [1.29, 1.82) is 0 Å². The van der Waals surface area contributed by atoms with Gasteiger partial charge >= 0.3 is 0 Å². The first-order chi connectivity index (χ1) is 9.26. The van der Waals surface area contributed by atoms with E-state index in [1.165, 1.54) is 45.3 Å². The number of guanidine groups is 1. The maximum absolute atomic E-state index is 4.70. The molecule has 1 aliphatic rings. The molecule has 0 radical (unpaired) electrons. The zero-order valence-electron chi connectivity index (χ0n) is 13.0. The minimum Gasteiger partial charge on any atom is -0.357 e. The van der Waals surface area contributed by atoms with Crippen molar-refractivity contribution in [3.63, 3.8) is 0 Å². The Kier molecular flexibility index (Phi) is 8.63. The van der Waals surface area contributed by atoms with E-state index in [0.29, 0.717) is 5.92 Å². The molecule has 0 aliphatic carbocycles. The van der Waals surface area contributed by atoms with Crippen molar-refractivity contribution < 1.29 is 0 Å². The Balaban J connectivity index is 2.26. The quantitative estimate of drug-likeness (QED) is 0.402. The highest BCUT2D eigenvalue weighted by Gasteiger charge is 2.14. The molecule has 1 heterocycles. The molecule has 1 atom stereocenters. The average Bonchev–Trinajstić information content (AvgIpc) is 2.89. The van der Waals surface area contributed by atoms with Crippen LogP contribution < -0.4 is 10.6 Å². The molecule has 0 saturated carbocycles. The van der Waals surface area contributed by atoms with Gasteiger partial charge in [-0.25, -0.2) is 0 Å². The summed E-state index contributed by atoms with van der Waals surface area (Å²) in [5, 5.41) is 6.71. The van der Waals surface area contributed by atoms with Gasteiger partial charge in [-0.2, -0.15) is 0 Å². The van der Waals surface area contributed by atoms with Crippen LogP contribution in [-0.2, 0) is 0 Å². The molecule has 0 aromatic carbocycles. The Bertz CT molecular complexity index is 247. The number of hydrogen-bond acceptors (Lipinski definition) is 2. The number of unbranched alkanes of at least 4 members (excludes halogenated alkanes) is 1. The summed E-state index contributed by atoms with van der Waals surface area (Å²) < 4.78 is 0. The standard InChI is InChI=1S/C15H32N4/c1-4-6-9-17-15(16-5-2)18-12-14(3)13-19-10-7-8-11-19/h14H,4-13H2,1-3H3,(H2,16,17,18). The molecule has 0 amide bonds. The lowest BCUT2D eigenvalue weighted by Gasteiger charge is -2.19. The van der Waals surface area contributed by atoms with Crippen LogP contribution in [0.3, 0.4) is 0 Å². The molecule has 1 rings (SSSR count). The van der Waals surface area contributed by atoms with Gasteiger partial charge in [0, 0.05) is 26.2 Å². The van der Waals surface area contributed by atoms with Gasteiger partial charge in [-0.3, -0.25) is 4.99 Å². The first-order valence-electron chi connectivity index (χ1n) is 8.00. The lowest BCUT2D eigenvalue weighted by atomic mass is 10.2. The van der Waals surface area contributed by atoms with Gasteiger partial charge in [-0.1, -0.05) is 20.3 Å².